The summed E-state index contributed by atoms with van der Waals surface area (Å²) in [5.41, 5.74) is 2.01. The van der Waals surface area contributed by atoms with Gasteiger partial charge in [0.15, 0.2) is 0 Å². The molecule has 0 spiro atoms. The van der Waals surface area contributed by atoms with E-state index < -0.39 is 11.9 Å². The molecule has 3 rings (SSSR count). The van der Waals surface area contributed by atoms with E-state index in [4.69, 9.17) is 4.74 Å². The first-order valence-corrected chi connectivity index (χ1v) is 7.35. The molecule has 3 aromatic carbocycles. The molecule has 0 aliphatic heterocycles. The normalized spacial score (nSPS) is 10.2. The fourth-order valence-electron chi connectivity index (χ4n) is 2.28. The lowest BCUT2D eigenvalue weighted by Gasteiger charge is -2.06. The van der Waals surface area contributed by atoms with Gasteiger partial charge in [0.05, 0.1) is 11.1 Å². The second-order valence-electron chi connectivity index (χ2n) is 5.14. The van der Waals surface area contributed by atoms with Gasteiger partial charge in [0.1, 0.15) is 5.75 Å². The van der Waals surface area contributed by atoms with Crippen molar-refractivity contribution in [2.45, 2.75) is 0 Å². The minimum Gasteiger partial charge on any atom is -0.507 e. The first kappa shape index (κ1) is 15.5. The summed E-state index contributed by atoms with van der Waals surface area (Å²) < 4.78 is 4.86. The molecule has 0 aliphatic rings. The molecule has 1 N–H and O–H groups in total. The minimum absolute atomic E-state index is 0.159. The van der Waals surface area contributed by atoms with E-state index in [0.29, 0.717) is 11.1 Å². The van der Waals surface area contributed by atoms with Crippen molar-refractivity contribution >= 4 is 11.9 Å². The summed E-state index contributed by atoms with van der Waals surface area (Å²) in [6, 6.07) is 21.8. The quantitative estimate of drug-likeness (QED) is 0.584. The van der Waals surface area contributed by atoms with Crippen LogP contribution in [0.4, 0.5) is 0 Å². The van der Waals surface area contributed by atoms with Crippen LogP contribution < -0.4 is 0 Å². The summed E-state index contributed by atoms with van der Waals surface area (Å²) in [7, 11) is 0. The number of para-hydroxylation sites is 1. The van der Waals surface area contributed by atoms with E-state index in [0.717, 1.165) is 5.56 Å². The smallest absolute Gasteiger partial charge is 0.346 e. The van der Waals surface area contributed by atoms with Crippen molar-refractivity contribution in [2.75, 3.05) is 0 Å². The van der Waals surface area contributed by atoms with Gasteiger partial charge in [-0.3, -0.25) is 0 Å². The number of carbonyl (C=O) groups excluding carboxylic acids is 2. The second kappa shape index (κ2) is 6.79. The molecule has 4 heteroatoms. The van der Waals surface area contributed by atoms with Crippen LogP contribution in [0.5, 0.6) is 5.75 Å². The van der Waals surface area contributed by atoms with E-state index >= 15 is 0 Å². The lowest BCUT2D eigenvalue weighted by atomic mass is 10.0. The van der Waals surface area contributed by atoms with Gasteiger partial charge in [-0.1, -0.05) is 48.5 Å². The molecular weight excluding hydrogens is 304 g/mol. The van der Waals surface area contributed by atoms with Gasteiger partial charge in [-0.15, -0.1) is 0 Å². The Morgan fingerprint density at radius 3 is 1.83 bits per heavy atom. The molecule has 0 saturated heterocycles. The number of carbonyl (C=O) groups is 2. The predicted octanol–water partition coefficient (Wildman–Crippen LogP) is 4.06. The first-order chi connectivity index (χ1) is 11.6. The first-order valence-electron chi connectivity index (χ1n) is 7.35. The molecule has 0 radical (unpaired) electrons. The zero-order valence-electron chi connectivity index (χ0n) is 12.7. The van der Waals surface area contributed by atoms with Crippen molar-refractivity contribution < 1.29 is 19.4 Å². The number of phenols is 1. The Hall–Kier alpha value is -3.40. The Morgan fingerprint density at radius 2 is 1.21 bits per heavy atom. The van der Waals surface area contributed by atoms with E-state index in [1.54, 1.807) is 72.8 Å². The van der Waals surface area contributed by atoms with Crippen LogP contribution in [0.3, 0.4) is 0 Å². The van der Waals surface area contributed by atoms with E-state index in [1.807, 2.05) is 6.07 Å². The molecule has 0 unspecified atom stereocenters. The number of hydrogen-bond donors (Lipinski definition) is 1. The van der Waals surface area contributed by atoms with Gasteiger partial charge in [0, 0.05) is 5.56 Å². The Labute approximate surface area is 139 Å². The van der Waals surface area contributed by atoms with Crippen LogP contribution in [0.15, 0.2) is 78.9 Å². The van der Waals surface area contributed by atoms with Crippen molar-refractivity contribution in [3.63, 3.8) is 0 Å². The number of phenolic OH excluding ortho intramolecular Hbond substituents is 1. The van der Waals surface area contributed by atoms with Crippen molar-refractivity contribution in [2.24, 2.45) is 0 Å². The molecule has 4 nitrogen and oxygen atoms in total. The van der Waals surface area contributed by atoms with Crippen molar-refractivity contribution in [1.82, 2.24) is 0 Å². The molecule has 24 heavy (non-hydrogen) atoms. The van der Waals surface area contributed by atoms with Crippen molar-refractivity contribution in [1.29, 1.82) is 0 Å². The molecule has 0 saturated carbocycles. The van der Waals surface area contributed by atoms with Crippen LogP contribution >= 0.6 is 0 Å². The van der Waals surface area contributed by atoms with Gasteiger partial charge in [-0.2, -0.15) is 0 Å². The van der Waals surface area contributed by atoms with Crippen molar-refractivity contribution in [3.05, 3.63) is 90.0 Å². The average Bonchev–Trinajstić information content (AvgIpc) is 2.63. The summed E-state index contributed by atoms with van der Waals surface area (Å²) in [6.45, 7) is 0. The van der Waals surface area contributed by atoms with E-state index in [-0.39, 0.29) is 11.3 Å². The fourth-order valence-corrected chi connectivity index (χ4v) is 2.28. The molecule has 0 aromatic heterocycles. The maximum atomic E-state index is 12.1. The number of ether oxygens (including phenoxy) is 1. The lowest BCUT2D eigenvalue weighted by Crippen LogP contribution is -2.12. The summed E-state index contributed by atoms with van der Waals surface area (Å²) in [5.74, 6) is -1.25. The van der Waals surface area contributed by atoms with Gasteiger partial charge in [-0.25, -0.2) is 9.59 Å². The third-order valence-electron chi connectivity index (χ3n) is 3.53. The lowest BCUT2D eigenvalue weighted by molar-refractivity contribution is 0.0398. The van der Waals surface area contributed by atoms with E-state index in [2.05, 4.69) is 0 Å². The third-order valence-corrected chi connectivity index (χ3v) is 3.53. The van der Waals surface area contributed by atoms with E-state index in [9.17, 15) is 14.7 Å². The van der Waals surface area contributed by atoms with Crippen molar-refractivity contribution in [3.8, 4) is 16.9 Å². The van der Waals surface area contributed by atoms with Crippen LogP contribution in [-0.4, -0.2) is 17.0 Å². The SMILES string of the molecule is O=C(OC(=O)c1ccc(-c2ccccc2O)cc1)c1ccccc1. The zero-order chi connectivity index (χ0) is 16.9. The van der Waals surface area contributed by atoms with Crippen LogP contribution in [0, 0.1) is 0 Å². The number of aromatic hydroxyl groups is 1. The monoisotopic (exact) mass is 318 g/mol. The molecule has 0 fully saturated rings. The number of hydrogen-bond acceptors (Lipinski definition) is 4. The molecule has 0 bridgehead atoms. The molecule has 0 heterocycles. The summed E-state index contributed by atoms with van der Waals surface area (Å²) >= 11 is 0. The highest BCUT2D eigenvalue weighted by Gasteiger charge is 2.15. The standard InChI is InChI=1S/C20H14O4/c21-18-9-5-4-8-17(18)14-10-12-16(13-11-14)20(23)24-19(22)15-6-2-1-3-7-15/h1-13,21H. The van der Waals surface area contributed by atoms with Gasteiger partial charge >= 0.3 is 11.9 Å². The summed E-state index contributed by atoms with van der Waals surface area (Å²) in [4.78, 5) is 23.9. The summed E-state index contributed by atoms with van der Waals surface area (Å²) in [6.07, 6.45) is 0. The average molecular weight is 318 g/mol. The van der Waals surface area contributed by atoms with Gasteiger partial charge in [0.25, 0.3) is 0 Å². The number of benzene rings is 3. The Kier molecular flexibility index (Phi) is 4.38. The van der Waals surface area contributed by atoms with Gasteiger partial charge in [-0.05, 0) is 35.9 Å². The van der Waals surface area contributed by atoms with Gasteiger partial charge in [0.2, 0.25) is 0 Å². The van der Waals surface area contributed by atoms with Crippen LogP contribution in [-0.2, 0) is 4.74 Å². The molecule has 0 amide bonds. The fraction of sp³-hybridized carbons (Fsp3) is 0. The highest BCUT2D eigenvalue weighted by atomic mass is 16.6. The van der Waals surface area contributed by atoms with Gasteiger partial charge < -0.3 is 9.84 Å². The Bertz CT molecular complexity index is 868. The largest absolute Gasteiger partial charge is 0.507 e. The molecule has 118 valence electrons. The van der Waals surface area contributed by atoms with Crippen LogP contribution in [0.25, 0.3) is 11.1 Å². The third kappa shape index (κ3) is 3.33. The predicted molar refractivity (Wildman–Crippen MR) is 89.7 cm³/mol. The Morgan fingerprint density at radius 1 is 0.667 bits per heavy atom. The number of rotatable bonds is 3. The molecule has 3 aromatic rings. The number of esters is 2. The molecule has 0 aliphatic carbocycles. The van der Waals surface area contributed by atoms with Crippen LogP contribution in [0.2, 0.25) is 0 Å². The Balaban J connectivity index is 1.75. The topological polar surface area (TPSA) is 63.6 Å². The van der Waals surface area contributed by atoms with E-state index in [1.165, 1.54) is 0 Å². The minimum atomic E-state index is -0.715. The molecule has 0 atom stereocenters. The maximum absolute atomic E-state index is 12.1. The van der Waals surface area contributed by atoms with Crippen LogP contribution in [0.1, 0.15) is 20.7 Å². The zero-order valence-corrected chi connectivity index (χ0v) is 12.7. The highest BCUT2D eigenvalue weighted by Crippen LogP contribution is 2.28. The second-order valence-corrected chi connectivity index (χ2v) is 5.14. The molecular formula is C20H14O4. The highest BCUT2D eigenvalue weighted by molar-refractivity contribution is 6.02. The maximum Gasteiger partial charge on any atom is 0.346 e. The summed E-state index contributed by atoms with van der Waals surface area (Å²) in [5, 5.41) is 9.85.